The smallest absolute Gasteiger partial charge is 0.274 e. The average molecular weight is 319 g/mol. The number of halogens is 1. The van der Waals surface area contributed by atoms with Gasteiger partial charge in [-0.05, 0) is 24.3 Å². The fraction of sp³-hybridized carbons (Fsp3) is 0.133. The molecule has 0 unspecified atom stereocenters. The molecule has 0 saturated heterocycles. The zero-order valence-electron chi connectivity index (χ0n) is 12.0. The van der Waals surface area contributed by atoms with E-state index >= 15 is 0 Å². The molecule has 2 aromatic rings. The van der Waals surface area contributed by atoms with Gasteiger partial charge in [-0.15, -0.1) is 6.58 Å². The number of ether oxygens (including phenoxy) is 1. The molecule has 1 aromatic carbocycles. The highest BCUT2D eigenvalue weighted by Gasteiger charge is 2.12. The van der Waals surface area contributed by atoms with Gasteiger partial charge in [0.05, 0.1) is 12.8 Å². The first-order chi connectivity index (χ1) is 10.6. The Labute approximate surface area is 133 Å². The molecule has 114 valence electrons. The maximum Gasteiger partial charge on any atom is 0.274 e. The molecule has 0 bridgehead atoms. The van der Waals surface area contributed by atoms with E-state index in [0.717, 1.165) is 0 Å². The summed E-state index contributed by atoms with van der Waals surface area (Å²) in [5.41, 5.74) is 0.697. The van der Waals surface area contributed by atoms with Gasteiger partial charge in [0.15, 0.2) is 0 Å². The molecular formula is C15H15ClN4O2. The molecule has 1 aromatic heterocycles. The van der Waals surface area contributed by atoms with Gasteiger partial charge in [-0.3, -0.25) is 4.79 Å². The van der Waals surface area contributed by atoms with E-state index in [1.54, 1.807) is 24.3 Å². The number of benzene rings is 1. The van der Waals surface area contributed by atoms with Gasteiger partial charge in [0.25, 0.3) is 5.91 Å². The lowest BCUT2D eigenvalue weighted by atomic mass is 10.2. The number of methoxy groups -OCH3 is 1. The number of carbonyl (C=O) groups is 1. The van der Waals surface area contributed by atoms with Gasteiger partial charge in [-0.25, -0.2) is 9.97 Å². The van der Waals surface area contributed by atoms with Gasteiger partial charge in [-0.1, -0.05) is 17.7 Å². The fourth-order valence-electron chi connectivity index (χ4n) is 1.70. The van der Waals surface area contributed by atoms with Crippen molar-refractivity contribution < 1.29 is 9.53 Å². The number of amides is 1. The molecule has 0 aliphatic heterocycles. The number of hydrogen-bond acceptors (Lipinski definition) is 5. The highest BCUT2D eigenvalue weighted by Crippen LogP contribution is 2.27. The van der Waals surface area contributed by atoms with Crippen molar-refractivity contribution in [3.63, 3.8) is 0 Å². The lowest BCUT2D eigenvalue weighted by molar-refractivity contribution is 0.102. The Kier molecular flexibility index (Phi) is 5.32. The maximum absolute atomic E-state index is 12.3. The summed E-state index contributed by atoms with van der Waals surface area (Å²) in [6, 6.07) is 6.48. The van der Waals surface area contributed by atoms with Crippen molar-refractivity contribution >= 4 is 29.1 Å². The van der Waals surface area contributed by atoms with Crippen LogP contribution in [-0.4, -0.2) is 29.5 Å². The Balaban J connectivity index is 2.18. The summed E-state index contributed by atoms with van der Waals surface area (Å²) in [6.45, 7) is 4.10. The summed E-state index contributed by atoms with van der Waals surface area (Å²) in [4.78, 5) is 20.4. The van der Waals surface area contributed by atoms with Crippen LogP contribution in [-0.2, 0) is 0 Å². The Morgan fingerprint density at radius 1 is 1.45 bits per heavy atom. The van der Waals surface area contributed by atoms with Crippen LogP contribution in [0, 0.1) is 0 Å². The first kappa shape index (κ1) is 15.8. The molecular weight excluding hydrogens is 304 g/mol. The SMILES string of the molecule is C=CCNc1nccc(C(=O)Nc2cc(Cl)ccc2OC)n1. The van der Waals surface area contributed by atoms with E-state index in [-0.39, 0.29) is 11.6 Å². The standard InChI is InChI=1S/C15H15ClN4O2/c1-3-7-17-15-18-8-6-11(20-15)14(21)19-12-9-10(16)4-5-13(12)22-2/h3-6,8-9H,1,7H2,2H3,(H,19,21)(H,17,18,20). The van der Waals surface area contributed by atoms with E-state index in [9.17, 15) is 4.79 Å². The molecule has 1 heterocycles. The van der Waals surface area contributed by atoms with Gasteiger partial charge in [-0.2, -0.15) is 0 Å². The number of nitrogens with one attached hydrogen (secondary N) is 2. The zero-order valence-corrected chi connectivity index (χ0v) is 12.7. The minimum absolute atomic E-state index is 0.226. The largest absolute Gasteiger partial charge is 0.495 e. The Hall–Kier alpha value is -2.60. The van der Waals surface area contributed by atoms with E-state index in [2.05, 4.69) is 27.2 Å². The van der Waals surface area contributed by atoms with Crippen molar-refractivity contribution in [2.75, 3.05) is 24.3 Å². The van der Waals surface area contributed by atoms with Crippen LogP contribution in [0.1, 0.15) is 10.5 Å². The van der Waals surface area contributed by atoms with Crippen LogP contribution in [0.2, 0.25) is 5.02 Å². The van der Waals surface area contributed by atoms with Crippen LogP contribution in [0.25, 0.3) is 0 Å². The molecule has 22 heavy (non-hydrogen) atoms. The maximum atomic E-state index is 12.3. The summed E-state index contributed by atoms with van der Waals surface area (Å²) in [5.74, 6) is 0.479. The minimum atomic E-state index is -0.385. The molecule has 0 saturated carbocycles. The van der Waals surface area contributed by atoms with Crippen molar-refractivity contribution in [2.45, 2.75) is 0 Å². The normalized spacial score (nSPS) is 9.91. The second-order valence-electron chi connectivity index (χ2n) is 4.23. The van der Waals surface area contributed by atoms with Gasteiger partial charge < -0.3 is 15.4 Å². The molecule has 7 heteroatoms. The van der Waals surface area contributed by atoms with Gasteiger partial charge in [0.2, 0.25) is 5.95 Å². The predicted molar refractivity (Wildman–Crippen MR) is 86.7 cm³/mol. The van der Waals surface area contributed by atoms with Crippen LogP contribution in [0.3, 0.4) is 0 Å². The first-order valence-electron chi connectivity index (χ1n) is 6.46. The third-order valence-corrected chi connectivity index (χ3v) is 2.94. The van der Waals surface area contributed by atoms with Crippen LogP contribution < -0.4 is 15.4 Å². The van der Waals surface area contributed by atoms with E-state index in [0.29, 0.717) is 29.0 Å². The first-order valence-corrected chi connectivity index (χ1v) is 6.84. The lowest BCUT2D eigenvalue weighted by Gasteiger charge is -2.10. The van der Waals surface area contributed by atoms with Crippen LogP contribution in [0.5, 0.6) is 5.75 Å². The van der Waals surface area contributed by atoms with Crippen LogP contribution in [0.15, 0.2) is 43.1 Å². The second kappa shape index (κ2) is 7.42. The van der Waals surface area contributed by atoms with E-state index in [4.69, 9.17) is 16.3 Å². The molecule has 0 aliphatic carbocycles. The molecule has 6 nitrogen and oxygen atoms in total. The van der Waals surface area contributed by atoms with Crippen molar-refractivity contribution in [2.24, 2.45) is 0 Å². The summed E-state index contributed by atoms with van der Waals surface area (Å²) in [7, 11) is 1.51. The third-order valence-electron chi connectivity index (χ3n) is 2.70. The number of hydrogen-bond donors (Lipinski definition) is 2. The van der Waals surface area contributed by atoms with Crippen molar-refractivity contribution in [1.29, 1.82) is 0 Å². The Morgan fingerprint density at radius 3 is 3.00 bits per heavy atom. The van der Waals surface area contributed by atoms with Gasteiger partial charge in [0, 0.05) is 17.8 Å². The van der Waals surface area contributed by atoms with E-state index in [1.165, 1.54) is 19.4 Å². The summed E-state index contributed by atoms with van der Waals surface area (Å²) < 4.78 is 5.18. The Morgan fingerprint density at radius 2 is 2.27 bits per heavy atom. The van der Waals surface area contributed by atoms with Gasteiger partial charge >= 0.3 is 0 Å². The number of rotatable bonds is 6. The highest BCUT2D eigenvalue weighted by molar-refractivity contribution is 6.31. The summed E-state index contributed by atoms with van der Waals surface area (Å²) >= 11 is 5.93. The molecule has 0 spiro atoms. The van der Waals surface area contributed by atoms with Crippen molar-refractivity contribution in [3.8, 4) is 5.75 Å². The molecule has 0 aliphatic rings. The molecule has 2 N–H and O–H groups in total. The molecule has 0 atom stereocenters. The lowest BCUT2D eigenvalue weighted by Crippen LogP contribution is -2.16. The average Bonchev–Trinajstić information content (AvgIpc) is 2.53. The fourth-order valence-corrected chi connectivity index (χ4v) is 1.87. The monoisotopic (exact) mass is 318 g/mol. The summed E-state index contributed by atoms with van der Waals surface area (Å²) in [6.07, 6.45) is 3.18. The summed E-state index contributed by atoms with van der Waals surface area (Å²) in [5, 5.41) is 6.13. The number of aromatic nitrogens is 2. The molecule has 0 radical (unpaired) electrons. The topological polar surface area (TPSA) is 76.1 Å². The molecule has 2 rings (SSSR count). The second-order valence-corrected chi connectivity index (χ2v) is 4.67. The van der Waals surface area contributed by atoms with Crippen molar-refractivity contribution in [3.05, 3.63) is 53.8 Å². The van der Waals surface area contributed by atoms with Crippen LogP contribution >= 0.6 is 11.6 Å². The van der Waals surface area contributed by atoms with Gasteiger partial charge in [0.1, 0.15) is 11.4 Å². The number of carbonyl (C=O) groups excluding carboxylic acids is 1. The number of anilines is 2. The zero-order chi connectivity index (χ0) is 15.9. The van der Waals surface area contributed by atoms with E-state index < -0.39 is 0 Å². The van der Waals surface area contributed by atoms with Crippen molar-refractivity contribution in [1.82, 2.24) is 9.97 Å². The van der Waals surface area contributed by atoms with E-state index in [1.807, 2.05) is 0 Å². The third kappa shape index (κ3) is 3.95. The van der Waals surface area contributed by atoms with Crippen LogP contribution in [0.4, 0.5) is 11.6 Å². The highest BCUT2D eigenvalue weighted by atomic mass is 35.5. The predicted octanol–water partition coefficient (Wildman–Crippen LogP) is 2.99. The quantitative estimate of drug-likeness (QED) is 0.801. The molecule has 0 fully saturated rings. The minimum Gasteiger partial charge on any atom is -0.495 e. The number of nitrogens with zero attached hydrogens (tertiary/aromatic N) is 2. The molecule has 1 amide bonds. The Bertz CT molecular complexity index is 691.